The summed E-state index contributed by atoms with van der Waals surface area (Å²) in [4.78, 5) is 28.8. The van der Waals surface area contributed by atoms with Crippen molar-refractivity contribution in [2.45, 2.75) is 6.54 Å². The van der Waals surface area contributed by atoms with E-state index >= 15 is 0 Å². The lowest BCUT2D eigenvalue weighted by molar-refractivity contribution is 0.0954. The minimum Gasteiger partial charge on any atom is -0.346 e. The monoisotopic (exact) mass is 428 g/mol. The second-order valence-corrected chi connectivity index (χ2v) is 7.85. The Morgan fingerprint density at radius 1 is 1.07 bits per heavy atom. The Morgan fingerprint density at radius 2 is 1.83 bits per heavy atom. The highest BCUT2D eigenvalue weighted by molar-refractivity contribution is 7.17. The molecule has 0 atom stereocenters. The number of thiophene rings is 1. The van der Waals surface area contributed by atoms with Crippen molar-refractivity contribution < 1.29 is 9.18 Å². The van der Waals surface area contributed by atoms with Crippen LogP contribution < -0.4 is 10.9 Å². The molecular weight excluding hydrogens is 415 g/mol. The van der Waals surface area contributed by atoms with Crippen LogP contribution in [0.2, 0.25) is 4.34 Å². The minimum absolute atomic E-state index is 0.207. The predicted octanol–water partition coefficient (Wildman–Crippen LogP) is 3.81. The molecule has 0 unspecified atom stereocenters. The average Bonchev–Trinajstić information content (AvgIpc) is 3.37. The Balaban J connectivity index is 1.46. The summed E-state index contributed by atoms with van der Waals surface area (Å²) >= 11 is 7.06. The van der Waals surface area contributed by atoms with E-state index in [9.17, 15) is 14.0 Å². The fraction of sp³-hybridized carbons (Fsp3) is 0.0500. The summed E-state index contributed by atoms with van der Waals surface area (Å²) in [6.45, 7) is 0.276. The number of imidazole rings is 1. The Hall–Kier alpha value is -3.23. The van der Waals surface area contributed by atoms with Gasteiger partial charge in [-0.3, -0.25) is 14.2 Å². The van der Waals surface area contributed by atoms with E-state index in [2.05, 4.69) is 10.3 Å². The van der Waals surface area contributed by atoms with Crippen molar-refractivity contribution in [3.63, 3.8) is 0 Å². The first kappa shape index (κ1) is 19.1. The molecular formula is C20H14ClFN4O2S. The van der Waals surface area contributed by atoms with Crippen LogP contribution in [0.5, 0.6) is 0 Å². The zero-order valence-electron chi connectivity index (χ0n) is 14.9. The minimum atomic E-state index is -0.486. The molecule has 0 fully saturated rings. The molecule has 6 nitrogen and oxygen atoms in total. The molecule has 1 aromatic carbocycles. The van der Waals surface area contributed by atoms with Gasteiger partial charge < -0.3 is 9.88 Å². The number of hydrogen-bond donors (Lipinski definition) is 1. The van der Waals surface area contributed by atoms with Crippen LogP contribution in [0.1, 0.15) is 15.4 Å². The summed E-state index contributed by atoms with van der Waals surface area (Å²) in [5, 5.41) is 2.80. The van der Waals surface area contributed by atoms with Crippen LogP contribution in [-0.4, -0.2) is 20.0 Å². The van der Waals surface area contributed by atoms with Crippen LogP contribution in [-0.2, 0) is 6.54 Å². The standard InChI is InChI=1S/C20H14ClFN4O2S/c21-18-7-6-17(29-18)20(28)23-9-14-11-25(12-24-14)15-2-4-16(5-3-15)26-10-13(22)1-8-19(26)27/h1-8,10-12H,9H2,(H,23,28). The van der Waals surface area contributed by atoms with Gasteiger partial charge in [0.1, 0.15) is 5.82 Å². The maximum Gasteiger partial charge on any atom is 0.261 e. The van der Waals surface area contributed by atoms with E-state index in [1.54, 1.807) is 53.5 Å². The molecule has 0 saturated carbocycles. The van der Waals surface area contributed by atoms with Crippen LogP contribution in [0, 0.1) is 5.82 Å². The first-order chi connectivity index (χ1) is 14.0. The van der Waals surface area contributed by atoms with Crippen LogP contribution in [0.25, 0.3) is 11.4 Å². The molecule has 0 radical (unpaired) electrons. The summed E-state index contributed by atoms with van der Waals surface area (Å²) in [6.07, 6.45) is 4.58. The molecule has 3 aromatic heterocycles. The average molecular weight is 429 g/mol. The molecule has 0 aliphatic heterocycles. The smallest absolute Gasteiger partial charge is 0.261 e. The number of aromatic nitrogens is 3. The Kier molecular flexibility index (Phi) is 5.28. The van der Waals surface area contributed by atoms with E-state index < -0.39 is 5.82 Å². The SMILES string of the molecule is O=C(NCc1cn(-c2ccc(-n3cc(F)ccc3=O)cc2)cn1)c1ccc(Cl)s1. The first-order valence-corrected chi connectivity index (χ1v) is 9.74. The van der Waals surface area contributed by atoms with Crippen LogP contribution in [0.15, 0.2) is 72.0 Å². The van der Waals surface area contributed by atoms with Gasteiger partial charge in [-0.1, -0.05) is 11.6 Å². The number of carbonyl (C=O) groups is 1. The summed E-state index contributed by atoms with van der Waals surface area (Å²) in [5.41, 5.74) is 1.74. The number of amides is 1. The summed E-state index contributed by atoms with van der Waals surface area (Å²) < 4.78 is 17.0. The van der Waals surface area contributed by atoms with E-state index in [0.29, 0.717) is 20.6 Å². The molecule has 9 heteroatoms. The highest BCUT2D eigenvalue weighted by atomic mass is 35.5. The normalized spacial score (nSPS) is 10.8. The number of benzene rings is 1. The van der Waals surface area contributed by atoms with Gasteiger partial charge in [0.05, 0.1) is 27.8 Å². The van der Waals surface area contributed by atoms with Crippen molar-refractivity contribution >= 4 is 28.8 Å². The third-order valence-electron chi connectivity index (χ3n) is 4.16. The van der Waals surface area contributed by atoms with E-state index in [1.807, 2.05) is 0 Å². The van der Waals surface area contributed by atoms with Gasteiger partial charge in [0.2, 0.25) is 0 Å². The Morgan fingerprint density at radius 3 is 2.55 bits per heavy atom. The van der Waals surface area contributed by atoms with Crippen LogP contribution in [0.4, 0.5) is 4.39 Å². The van der Waals surface area contributed by atoms with Gasteiger partial charge >= 0.3 is 0 Å². The lowest BCUT2D eigenvalue weighted by Gasteiger charge is -2.07. The fourth-order valence-electron chi connectivity index (χ4n) is 2.74. The lowest BCUT2D eigenvalue weighted by Crippen LogP contribution is -2.21. The number of nitrogens with zero attached hydrogens (tertiary/aromatic N) is 3. The van der Waals surface area contributed by atoms with Gasteiger partial charge in [-0.15, -0.1) is 11.3 Å². The second kappa shape index (κ2) is 8.02. The van der Waals surface area contributed by atoms with Gasteiger partial charge in [0.15, 0.2) is 0 Å². The number of pyridine rings is 1. The molecule has 4 rings (SSSR count). The first-order valence-electron chi connectivity index (χ1n) is 8.55. The molecule has 3 heterocycles. The second-order valence-electron chi connectivity index (χ2n) is 6.13. The molecule has 0 bridgehead atoms. The molecule has 0 spiro atoms. The quantitative estimate of drug-likeness (QED) is 0.525. The fourth-order valence-corrected chi connectivity index (χ4v) is 3.70. The molecule has 1 amide bonds. The van der Waals surface area contributed by atoms with E-state index in [0.717, 1.165) is 18.0 Å². The predicted molar refractivity (Wildman–Crippen MR) is 110 cm³/mol. The zero-order valence-corrected chi connectivity index (χ0v) is 16.5. The van der Waals surface area contributed by atoms with E-state index in [1.165, 1.54) is 22.0 Å². The largest absolute Gasteiger partial charge is 0.346 e. The molecule has 146 valence electrons. The summed E-state index contributed by atoms with van der Waals surface area (Å²) in [5.74, 6) is -0.693. The van der Waals surface area contributed by atoms with Gasteiger partial charge in [0.25, 0.3) is 11.5 Å². The highest BCUT2D eigenvalue weighted by Crippen LogP contribution is 2.21. The van der Waals surface area contributed by atoms with Gasteiger partial charge in [-0.05, 0) is 42.5 Å². The number of carbonyl (C=O) groups excluding carboxylic acids is 1. The molecule has 4 aromatic rings. The molecule has 0 aliphatic rings. The Bertz CT molecular complexity index is 1230. The van der Waals surface area contributed by atoms with E-state index in [4.69, 9.17) is 11.6 Å². The number of halogens is 2. The van der Waals surface area contributed by atoms with Gasteiger partial charge in [-0.25, -0.2) is 9.37 Å². The number of nitrogens with one attached hydrogen (secondary N) is 1. The van der Waals surface area contributed by atoms with Crippen molar-refractivity contribution in [3.05, 3.63) is 98.3 Å². The third kappa shape index (κ3) is 4.28. The van der Waals surface area contributed by atoms with Crippen molar-refractivity contribution in [1.29, 1.82) is 0 Å². The molecule has 1 N–H and O–H groups in total. The van der Waals surface area contributed by atoms with Gasteiger partial charge in [-0.2, -0.15) is 0 Å². The molecule has 0 saturated heterocycles. The third-order valence-corrected chi connectivity index (χ3v) is 5.39. The maximum atomic E-state index is 13.4. The van der Waals surface area contributed by atoms with Crippen molar-refractivity contribution in [1.82, 2.24) is 19.4 Å². The maximum absolute atomic E-state index is 13.4. The topological polar surface area (TPSA) is 68.9 Å². The zero-order chi connectivity index (χ0) is 20.4. The van der Waals surface area contributed by atoms with Crippen LogP contribution in [0.3, 0.4) is 0 Å². The van der Waals surface area contributed by atoms with Crippen molar-refractivity contribution in [3.8, 4) is 11.4 Å². The van der Waals surface area contributed by atoms with E-state index in [-0.39, 0.29) is 18.0 Å². The number of hydrogen-bond acceptors (Lipinski definition) is 4. The Labute approximate surface area is 173 Å². The van der Waals surface area contributed by atoms with Crippen molar-refractivity contribution in [2.24, 2.45) is 0 Å². The molecule has 0 aliphatic carbocycles. The van der Waals surface area contributed by atoms with Crippen LogP contribution >= 0.6 is 22.9 Å². The number of rotatable bonds is 5. The summed E-state index contributed by atoms with van der Waals surface area (Å²) in [6, 6.07) is 12.7. The van der Waals surface area contributed by atoms with Crippen molar-refractivity contribution in [2.75, 3.05) is 0 Å². The summed E-state index contributed by atoms with van der Waals surface area (Å²) in [7, 11) is 0. The highest BCUT2D eigenvalue weighted by Gasteiger charge is 2.09. The lowest BCUT2D eigenvalue weighted by atomic mass is 10.2. The molecule has 29 heavy (non-hydrogen) atoms. The van der Waals surface area contributed by atoms with Gasteiger partial charge in [0, 0.05) is 29.8 Å².